The van der Waals surface area contributed by atoms with Gasteiger partial charge in [-0.1, -0.05) is 13.0 Å². The van der Waals surface area contributed by atoms with Crippen LogP contribution in [0.25, 0.3) is 0 Å². The zero-order valence-corrected chi connectivity index (χ0v) is 8.13. The molecule has 1 heterocycles. The van der Waals surface area contributed by atoms with Crippen molar-refractivity contribution in [1.82, 2.24) is 0 Å². The molecule has 2 nitrogen and oxygen atoms in total. The topological polar surface area (TPSA) is 18.5 Å². The van der Waals surface area contributed by atoms with Gasteiger partial charge in [0.25, 0.3) is 0 Å². The van der Waals surface area contributed by atoms with Crippen LogP contribution < -0.4 is 0 Å². The van der Waals surface area contributed by atoms with Crippen LogP contribution in [-0.2, 0) is 15.9 Å². The minimum Gasteiger partial charge on any atom is -0.346 e. The average Bonchev–Trinajstić information content (AvgIpc) is 2.71. The van der Waals surface area contributed by atoms with E-state index in [4.69, 9.17) is 9.47 Å². The van der Waals surface area contributed by atoms with E-state index in [2.05, 4.69) is 0 Å². The lowest BCUT2D eigenvalue weighted by Crippen LogP contribution is -2.00. The first-order valence-corrected chi connectivity index (χ1v) is 4.83. The summed E-state index contributed by atoms with van der Waals surface area (Å²) in [6.07, 6.45) is 0.382. The number of rotatable bonds is 2. The zero-order valence-electron chi connectivity index (χ0n) is 8.13. The third kappa shape index (κ3) is 1.79. The van der Waals surface area contributed by atoms with Crippen molar-refractivity contribution in [2.75, 3.05) is 13.2 Å². The highest BCUT2D eigenvalue weighted by molar-refractivity contribution is 5.26. The van der Waals surface area contributed by atoms with Gasteiger partial charge in [0.1, 0.15) is 5.82 Å². The smallest absolute Gasteiger partial charge is 0.184 e. The fourth-order valence-corrected chi connectivity index (χ4v) is 1.56. The van der Waals surface area contributed by atoms with Gasteiger partial charge in [-0.05, 0) is 24.1 Å². The lowest BCUT2D eigenvalue weighted by molar-refractivity contribution is -0.0442. The van der Waals surface area contributed by atoms with Gasteiger partial charge in [-0.2, -0.15) is 0 Å². The van der Waals surface area contributed by atoms with E-state index in [0.717, 1.165) is 5.56 Å². The Hall–Kier alpha value is -0.930. The maximum Gasteiger partial charge on any atom is 0.184 e. The fraction of sp³-hybridized carbons (Fsp3) is 0.455. The summed E-state index contributed by atoms with van der Waals surface area (Å²) >= 11 is 0. The Bertz CT molecular complexity index is 319. The molecule has 0 bridgehead atoms. The molecule has 1 aromatic carbocycles. The van der Waals surface area contributed by atoms with Crippen molar-refractivity contribution in [3.63, 3.8) is 0 Å². The maximum atomic E-state index is 13.2. The van der Waals surface area contributed by atoms with Crippen molar-refractivity contribution in [1.29, 1.82) is 0 Å². The van der Waals surface area contributed by atoms with Crippen LogP contribution in [0.15, 0.2) is 18.2 Å². The van der Waals surface area contributed by atoms with Gasteiger partial charge in [0, 0.05) is 5.56 Å². The van der Waals surface area contributed by atoms with Crippen LogP contribution in [0.1, 0.15) is 24.3 Å². The molecule has 0 spiro atoms. The second kappa shape index (κ2) is 4.07. The van der Waals surface area contributed by atoms with Crippen molar-refractivity contribution in [3.8, 4) is 0 Å². The Kier molecular flexibility index (Phi) is 2.79. The Morgan fingerprint density at radius 3 is 2.71 bits per heavy atom. The lowest BCUT2D eigenvalue weighted by Gasteiger charge is -2.10. The van der Waals surface area contributed by atoms with Crippen molar-refractivity contribution in [2.24, 2.45) is 0 Å². The predicted octanol–water partition coefficient (Wildman–Crippen LogP) is 2.43. The summed E-state index contributed by atoms with van der Waals surface area (Å²) in [6.45, 7) is 3.16. The van der Waals surface area contributed by atoms with Crippen LogP contribution in [0.3, 0.4) is 0 Å². The molecule has 1 aliphatic heterocycles. The average molecular weight is 196 g/mol. The molecule has 76 valence electrons. The summed E-state index contributed by atoms with van der Waals surface area (Å²) in [5, 5.41) is 0. The molecule has 0 unspecified atom stereocenters. The Morgan fingerprint density at radius 1 is 1.36 bits per heavy atom. The summed E-state index contributed by atoms with van der Waals surface area (Å²) in [6, 6.07) is 5.00. The first kappa shape index (κ1) is 9.62. The predicted molar refractivity (Wildman–Crippen MR) is 50.4 cm³/mol. The van der Waals surface area contributed by atoms with E-state index >= 15 is 0 Å². The number of benzene rings is 1. The van der Waals surface area contributed by atoms with Crippen LogP contribution >= 0.6 is 0 Å². The van der Waals surface area contributed by atoms with Crippen LogP contribution in [-0.4, -0.2) is 13.2 Å². The number of halogens is 1. The standard InChI is InChI=1S/C11H13FO2/c1-2-8-7-9(3-4-10(8)12)11-13-5-6-14-11/h3-4,7,11H,2,5-6H2,1H3. The molecule has 2 rings (SSSR count). The highest BCUT2D eigenvalue weighted by Crippen LogP contribution is 2.24. The fourth-order valence-electron chi connectivity index (χ4n) is 1.56. The third-order valence-corrected chi connectivity index (χ3v) is 2.34. The van der Waals surface area contributed by atoms with Gasteiger partial charge >= 0.3 is 0 Å². The van der Waals surface area contributed by atoms with Gasteiger partial charge in [0.05, 0.1) is 13.2 Å². The first-order chi connectivity index (χ1) is 6.81. The molecule has 3 heteroatoms. The molecule has 0 aliphatic carbocycles. The van der Waals surface area contributed by atoms with Crippen molar-refractivity contribution < 1.29 is 13.9 Å². The van der Waals surface area contributed by atoms with E-state index in [-0.39, 0.29) is 12.1 Å². The van der Waals surface area contributed by atoms with Crippen molar-refractivity contribution in [3.05, 3.63) is 35.1 Å². The van der Waals surface area contributed by atoms with E-state index in [0.29, 0.717) is 25.2 Å². The number of ether oxygens (including phenoxy) is 2. The summed E-state index contributed by atoms with van der Waals surface area (Å²) in [4.78, 5) is 0. The minimum atomic E-state index is -0.305. The Morgan fingerprint density at radius 2 is 2.07 bits per heavy atom. The van der Waals surface area contributed by atoms with Gasteiger partial charge in [-0.3, -0.25) is 0 Å². The van der Waals surface area contributed by atoms with Gasteiger partial charge in [0.15, 0.2) is 6.29 Å². The Balaban J connectivity index is 2.25. The number of aryl methyl sites for hydroxylation is 1. The second-order valence-electron chi connectivity index (χ2n) is 3.28. The summed E-state index contributed by atoms with van der Waals surface area (Å²) in [5.41, 5.74) is 1.61. The van der Waals surface area contributed by atoms with Crippen molar-refractivity contribution in [2.45, 2.75) is 19.6 Å². The van der Waals surface area contributed by atoms with E-state index in [1.54, 1.807) is 6.07 Å². The molecule has 1 aromatic rings. The Labute approximate surface area is 82.6 Å². The quantitative estimate of drug-likeness (QED) is 0.723. The van der Waals surface area contributed by atoms with Crippen LogP contribution in [0, 0.1) is 5.82 Å². The SMILES string of the molecule is CCc1cc(C2OCCO2)ccc1F. The zero-order chi connectivity index (χ0) is 9.97. The second-order valence-corrected chi connectivity index (χ2v) is 3.28. The molecule has 0 saturated carbocycles. The molecular formula is C11H13FO2. The first-order valence-electron chi connectivity index (χ1n) is 4.83. The van der Waals surface area contributed by atoms with Crippen LogP contribution in [0.2, 0.25) is 0 Å². The molecule has 0 radical (unpaired) electrons. The molecule has 1 aliphatic rings. The molecule has 14 heavy (non-hydrogen) atoms. The van der Waals surface area contributed by atoms with E-state index in [9.17, 15) is 4.39 Å². The summed E-state index contributed by atoms with van der Waals surface area (Å²) in [7, 11) is 0. The highest BCUT2D eigenvalue weighted by atomic mass is 19.1. The van der Waals surface area contributed by atoms with E-state index in [1.807, 2.05) is 13.0 Å². The van der Waals surface area contributed by atoms with Crippen molar-refractivity contribution >= 4 is 0 Å². The number of hydrogen-bond acceptors (Lipinski definition) is 2. The largest absolute Gasteiger partial charge is 0.346 e. The van der Waals surface area contributed by atoms with Gasteiger partial charge in [-0.15, -0.1) is 0 Å². The normalized spacial score (nSPS) is 17.6. The van der Waals surface area contributed by atoms with Crippen LogP contribution in [0.4, 0.5) is 4.39 Å². The summed E-state index contributed by atoms with van der Waals surface area (Å²) in [5.74, 6) is -0.158. The van der Waals surface area contributed by atoms with Gasteiger partial charge in [0.2, 0.25) is 0 Å². The van der Waals surface area contributed by atoms with E-state index < -0.39 is 0 Å². The summed E-state index contributed by atoms with van der Waals surface area (Å²) < 4.78 is 23.8. The minimum absolute atomic E-state index is 0.158. The molecule has 0 amide bonds. The molecule has 1 saturated heterocycles. The highest BCUT2D eigenvalue weighted by Gasteiger charge is 2.18. The molecule has 0 N–H and O–H groups in total. The van der Waals surface area contributed by atoms with Gasteiger partial charge in [-0.25, -0.2) is 4.39 Å². The molecule has 1 fully saturated rings. The number of hydrogen-bond donors (Lipinski definition) is 0. The van der Waals surface area contributed by atoms with E-state index in [1.165, 1.54) is 6.07 Å². The lowest BCUT2D eigenvalue weighted by atomic mass is 10.1. The molecule has 0 aromatic heterocycles. The van der Waals surface area contributed by atoms with Crippen LogP contribution in [0.5, 0.6) is 0 Å². The van der Waals surface area contributed by atoms with Gasteiger partial charge < -0.3 is 9.47 Å². The maximum absolute atomic E-state index is 13.2. The molecule has 0 atom stereocenters. The monoisotopic (exact) mass is 196 g/mol. The third-order valence-electron chi connectivity index (χ3n) is 2.34. The molecular weight excluding hydrogens is 183 g/mol.